The van der Waals surface area contributed by atoms with Crippen LogP contribution in [0.3, 0.4) is 0 Å². The minimum absolute atomic E-state index is 0.0507. The summed E-state index contributed by atoms with van der Waals surface area (Å²) in [7, 11) is -3.36. The van der Waals surface area contributed by atoms with Gasteiger partial charge in [0.05, 0.1) is 12.3 Å². The van der Waals surface area contributed by atoms with E-state index >= 15 is 0 Å². The number of nitrogens with one attached hydrogen (secondary N) is 2. The summed E-state index contributed by atoms with van der Waals surface area (Å²) in [6, 6.07) is 11.7. The molecule has 1 aliphatic heterocycles. The summed E-state index contributed by atoms with van der Waals surface area (Å²) < 4.78 is 25.0. The number of carbonyl (C=O) groups excluding carboxylic acids is 1. The molecular weight excluding hydrogens is 445 g/mol. The summed E-state index contributed by atoms with van der Waals surface area (Å²) in [5.74, 6) is -0.229. The molecule has 2 N–H and O–H groups in total. The molecule has 1 fully saturated rings. The van der Waals surface area contributed by atoms with Crippen molar-refractivity contribution in [1.82, 2.24) is 10.2 Å². The Morgan fingerprint density at radius 1 is 1.07 bits per heavy atom. The SMILES string of the molecule is CS(=O)(=O)Nc1ccc(C(=O)NCC(c2ccc(Cl)cc2Cl)N2CCCCC2)cc1. The Labute approximate surface area is 187 Å². The Kier molecular flexibility index (Phi) is 7.63. The third kappa shape index (κ3) is 6.35. The Morgan fingerprint density at radius 2 is 1.73 bits per heavy atom. The molecule has 0 bridgehead atoms. The largest absolute Gasteiger partial charge is 0.350 e. The molecule has 3 rings (SSSR count). The number of halogens is 2. The molecule has 162 valence electrons. The second-order valence-corrected chi connectivity index (χ2v) is 10.0. The van der Waals surface area contributed by atoms with Crippen LogP contribution in [-0.4, -0.2) is 45.1 Å². The number of hydrogen-bond donors (Lipinski definition) is 2. The molecule has 1 unspecified atom stereocenters. The Morgan fingerprint density at radius 3 is 2.33 bits per heavy atom. The molecule has 0 radical (unpaired) electrons. The molecule has 0 aromatic heterocycles. The summed E-state index contributed by atoms with van der Waals surface area (Å²) in [5, 5.41) is 4.16. The van der Waals surface area contributed by atoms with Crippen molar-refractivity contribution in [3.8, 4) is 0 Å². The number of benzene rings is 2. The van der Waals surface area contributed by atoms with E-state index in [2.05, 4.69) is 14.9 Å². The van der Waals surface area contributed by atoms with E-state index in [4.69, 9.17) is 23.2 Å². The highest BCUT2D eigenvalue weighted by molar-refractivity contribution is 7.92. The lowest BCUT2D eigenvalue weighted by atomic mass is 10.0. The molecule has 9 heteroatoms. The van der Waals surface area contributed by atoms with Gasteiger partial charge in [0.25, 0.3) is 5.91 Å². The fraction of sp³-hybridized carbons (Fsp3) is 0.381. The molecule has 1 amide bonds. The maximum atomic E-state index is 12.7. The zero-order valence-corrected chi connectivity index (χ0v) is 19.0. The monoisotopic (exact) mass is 469 g/mol. The first-order valence-corrected chi connectivity index (χ1v) is 12.4. The quantitative estimate of drug-likeness (QED) is 0.632. The van der Waals surface area contributed by atoms with Crippen molar-refractivity contribution < 1.29 is 13.2 Å². The highest BCUT2D eigenvalue weighted by Gasteiger charge is 2.25. The van der Waals surface area contributed by atoms with Gasteiger partial charge in [-0.05, 0) is 67.9 Å². The fourth-order valence-corrected chi connectivity index (χ4v) is 4.73. The molecule has 0 saturated carbocycles. The van der Waals surface area contributed by atoms with Gasteiger partial charge >= 0.3 is 0 Å². The molecule has 1 saturated heterocycles. The molecule has 1 aliphatic rings. The van der Waals surface area contributed by atoms with E-state index in [1.165, 1.54) is 6.42 Å². The predicted octanol–water partition coefficient (Wildman–Crippen LogP) is 4.32. The number of anilines is 1. The zero-order chi connectivity index (χ0) is 21.7. The van der Waals surface area contributed by atoms with Crippen LogP contribution in [0.5, 0.6) is 0 Å². The molecule has 6 nitrogen and oxygen atoms in total. The first-order chi connectivity index (χ1) is 14.2. The predicted molar refractivity (Wildman–Crippen MR) is 122 cm³/mol. The fourth-order valence-electron chi connectivity index (χ4n) is 3.63. The molecule has 1 heterocycles. The number of amides is 1. The van der Waals surface area contributed by atoms with E-state index in [-0.39, 0.29) is 11.9 Å². The van der Waals surface area contributed by atoms with E-state index in [0.717, 1.165) is 37.8 Å². The van der Waals surface area contributed by atoms with E-state index in [0.29, 0.717) is 27.8 Å². The summed E-state index contributed by atoms with van der Waals surface area (Å²) in [6.07, 6.45) is 4.52. The summed E-state index contributed by atoms with van der Waals surface area (Å²) >= 11 is 12.5. The average Bonchev–Trinajstić information content (AvgIpc) is 2.69. The van der Waals surface area contributed by atoms with Crippen LogP contribution in [0.25, 0.3) is 0 Å². The third-order valence-electron chi connectivity index (χ3n) is 5.06. The van der Waals surface area contributed by atoms with Gasteiger partial charge in [-0.2, -0.15) is 0 Å². The zero-order valence-electron chi connectivity index (χ0n) is 16.7. The number of sulfonamides is 1. The Hall–Kier alpha value is -1.80. The lowest BCUT2D eigenvalue weighted by Gasteiger charge is -2.35. The average molecular weight is 470 g/mol. The van der Waals surface area contributed by atoms with Crippen molar-refractivity contribution in [2.75, 3.05) is 30.6 Å². The summed E-state index contributed by atoms with van der Waals surface area (Å²) in [5.41, 5.74) is 1.80. The second kappa shape index (κ2) is 10.0. The van der Waals surface area contributed by atoms with Crippen LogP contribution in [0.1, 0.15) is 41.2 Å². The van der Waals surface area contributed by atoms with Crippen LogP contribution < -0.4 is 10.0 Å². The normalized spacial score (nSPS) is 16.1. The number of carbonyl (C=O) groups is 1. The Balaban J connectivity index is 1.72. The minimum atomic E-state index is -3.36. The van der Waals surface area contributed by atoms with E-state index in [1.807, 2.05) is 12.1 Å². The van der Waals surface area contributed by atoms with Gasteiger partial charge in [-0.25, -0.2) is 8.42 Å². The summed E-state index contributed by atoms with van der Waals surface area (Å²) in [4.78, 5) is 15.0. The molecule has 2 aromatic carbocycles. The number of nitrogens with zero attached hydrogens (tertiary/aromatic N) is 1. The van der Waals surface area contributed by atoms with Crippen molar-refractivity contribution in [2.24, 2.45) is 0 Å². The topological polar surface area (TPSA) is 78.5 Å². The van der Waals surface area contributed by atoms with Crippen molar-refractivity contribution in [2.45, 2.75) is 25.3 Å². The first-order valence-electron chi connectivity index (χ1n) is 9.78. The van der Waals surface area contributed by atoms with Crippen LogP contribution in [-0.2, 0) is 10.0 Å². The number of piperidine rings is 1. The standard InChI is InChI=1S/C21H25Cl2N3O3S/c1-30(28,29)25-17-8-5-15(6-9-17)21(27)24-14-20(26-11-3-2-4-12-26)18-10-7-16(22)13-19(18)23/h5-10,13,20,25H,2-4,11-12,14H2,1H3,(H,24,27). The number of likely N-dealkylation sites (tertiary alicyclic amines) is 1. The maximum Gasteiger partial charge on any atom is 0.251 e. The molecule has 0 spiro atoms. The third-order valence-corrected chi connectivity index (χ3v) is 6.23. The van der Waals surface area contributed by atoms with Gasteiger partial charge in [0, 0.05) is 27.8 Å². The van der Waals surface area contributed by atoms with Crippen LogP contribution in [0.15, 0.2) is 42.5 Å². The molecule has 0 aliphatic carbocycles. The Bertz CT molecular complexity index is 991. The van der Waals surface area contributed by atoms with E-state index < -0.39 is 10.0 Å². The second-order valence-electron chi connectivity index (χ2n) is 7.44. The van der Waals surface area contributed by atoms with Crippen molar-refractivity contribution in [1.29, 1.82) is 0 Å². The van der Waals surface area contributed by atoms with E-state index in [1.54, 1.807) is 30.3 Å². The highest BCUT2D eigenvalue weighted by Crippen LogP contribution is 2.31. The lowest BCUT2D eigenvalue weighted by molar-refractivity contribution is 0.0924. The smallest absolute Gasteiger partial charge is 0.251 e. The molecule has 2 aromatic rings. The molecular formula is C21H25Cl2N3O3S. The maximum absolute atomic E-state index is 12.7. The lowest BCUT2D eigenvalue weighted by Crippen LogP contribution is -2.40. The van der Waals surface area contributed by atoms with Crippen molar-refractivity contribution >= 4 is 44.8 Å². The van der Waals surface area contributed by atoms with Gasteiger partial charge < -0.3 is 5.32 Å². The van der Waals surface area contributed by atoms with Gasteiger partial charge in [0.2, 0.25) is 10.0 Å². The first kappa shape index (κ1) is 22.9. The molecule has 30 heavy (non-hydrogen) atoms. The van der Waals surface area contributed by atoms with Crippen molar-refractivity contribution in [3.05, 3.63) is 63.6 Å². The van der Waals surface area contributed by atoms with Gasteiger partial charge in [-0.3, -0.25) is 14.4 Å². The summed E-state index contributed by atoms with van der Waals surface area (Å²) in [6.45, 7) is 2.31. The van der Waals surface area contributed by atoms with Crippen LogP contribution in [0.2, 0.25) is 10.0 Å². The van der Waals surface area contributed by atoms with Crippen LogP contribution in [0.4, 0.5) is 5.69 Å². The molecule has 1 atom stereocenters. The van der Waals surface area contributed by atoms with Crippen LogP contribution in [0, 0.1) is 0 Å². The minimum Gasteiger partial charge on any atom is -0.350 e. The van der Waals surface area contributed by atoms with Crippen LogP contribution >= 0.6 is 23.2 Å². The number of hydrogen-bond acceptors (Lipinski definition) is 4. The van der Waals surface area contributed by atoms with Gasteiger partial charge in [0.15, 0.2) is 0 Å². The van der Waals surface area contributed by atoms with Crippen molar-refractivity contribution in [3.63, 3.8) is 0 Å². The number of rotatable bonds is 7. The van der Waals surface area contributed by atoms with E-state index in [9.17, 15) is 13.2 Å². The highest BCUT2D eigenvalue weighted by atomic mass is 35.5. The van der Waals surface area contributed by atoms with Gasteiger partial charge in [-0.15, -0.1) is 0 Å². The van der Waals surface area contributed by atoms with Gasteiger partial charge in [-0.1, -0.05) is 35.7 Å². The van der Waals surface area contributed by atoms with Gasteiger partial charge in [0.1, 0.15) is 0 Å².